The Morgan fingerprint density at radius 2 is 1.90 bits per heavy atom. The van der Waals surface area contributed by atoms with Gasteiger partial charge in [-0.2, -0.15) is 0 Å². The van der Waals surface area contributed by atoms with Crippen molar-refractivity contribution in [3.8, 4) is 0 Å². The summed E-state index contributed by atoms with van der Waals surface area (Å²) in [4.78, 5) is 27.1. The third-order valence-corrected chi connectivity index (χ3v) is 5.16. The fourth-order valence-corrected chi connectivity index (χ4v) is 3.26. The SMILES string of the molecule is CN(C)C1(CNCC(=O)N2CCC(C(=O)O)CC2)CCC1. The number of hydrogen-bond donors (Lipinski definition) is 2. The number of piperidine rings is 1. The average Bonchev–Trinajstić information content (AvgIpc) is 2.41. The molecule has 0 bridgehead atoms. The van der Waals surface area contributed by atoms with Crippen molar-refractivity contribution in [1.29, 1.82) is 0 Å². The summed E-state index contributed by atoms with van der Waals surface area (Å²) in [7, 11) is 4.19. The summed E-state index contributed by atoms with van der Waals surface area (Å²) in [5.74, 6) is -0.931. The maximum atomic E-state index is 12.1. The van der Waals surface area contributed by atoms with E-state index in [-0.39, 0.29) is 17.4 Å². The number of rotatable bonds is 6. The first-order valence-electron chi connectivity index (χ1n) is 7.83. The summed E-state index contributed by atoms with van der Waals surface area (Å²) in [5, 5.41) is 12.3. The van der Waals surface area contributed by atoms with Crippen LogP contribution < -0.4 is 5.32 Å². The highest BCUT2D eigenvalue weighted by atomic mass is 16.4. The number of likely N-dealkylation sites (N-methyl/N-ethyl adjacent to an activating group) is 1. The van der Waals surface area contributed by atoms with Gasteiger partial charge in [0.2, 0.25) is 5.91 Å². The van der Waals surface area contributed by atoms with Crippen LogP contribution in [0.1, 0.15) is 32.1 Å². The molecule has 21 heavy (non-hydrogen) atoms. The van der Waals surface area contributed by atoms with Crippen molar-refractivity contribution in [2.45, 2.75) is 37.6 Å². The Bertz CT molecular complexity index is 386. The van der Waals surface area contributed by atoms with E-state index >= 15 is 0 Å². The van der Waals surface area contributed by atoms with E-state index in [1.807, 2.05) is 0 Å². The molecule has 1 aliphatic carbocycles. The van der Waals surface area contributed by atoms with E-state index in [1.165, 1.54) is 19.3 Å². The van der Waals surface area contributed by atoms with Gasteiger partial charge in [0.15, 0.2) is 0 Å². The molecular weight excluding hydrogens is 270 g/mol. The van der Waals surface area contributed by atoms with Crippen LogP contribution in [0.5, 0.6) is 0 Å². The van der Waals surface area contributed by atoms with Crippen LogP contribution >= 0.6 is 0 Å². The van der Waals surface area contributed by atoms with Crippen LogP contribution in [0.3, 0.4) is 0 Å². The molecule has 0 spiro atoms. The summed E-state index contributed by atoms with van der Waals surface area (Å²) in [6.07, 6.45) is 4.78. The van der Waals surface area contributed by atoms with Crippen LogP contribution in [-0.2, 0) is 9.59 Å². The predicted octanol–water partition coefficient (Wildman–Crippen LogP) is 0.384. The van der Waals surface area contributed by atoms with Gasteiger partial charge in [-0.1, -0.05) is 0 Å². The van der Waals surface area contributed by atoms with Gasteiger partial charge in [0.1, 0.15) is 0 Å². The van der Waals surface area contributed by atoms with Crippen LogP contribution in [0, 0.1) is 5.92 Å². The van der Waals surface area contributed by atoms with Crippen LogP contribution in [-0.4, -0.2) is 72.6 Å². The van der Waals surface area contributed by atoms with E-state index < -0.39 is 5.97 Å². The third-order valence-electron chi connectivity index (χ3n) is 5.16. The van der Waals surface area contributed by atoms with Gasteiger partial charge in [-0.25, -0.2) is 0 Å². The summed E-state index contributed by atoms with van der Waals surface area (Å²) in [6, 6.07) is 0. The first kappa shape index (κ1) is 16.2. The smallest absolute Gasteiger partial charge is 0.306 e. The fourth-order valence-electron chi connectivity index (χ4n) is 3.26. The van der Waals surface area contributed by atoms with E-state index in [9.17, 15) is 9.59 Å². The van der Waals surface area contributed by atoms with Crippen LogP contribution in [0.2, 0.25) is 0 Å². The van der Waals surface area contributed by atoms with Gasteiger partial charge in [-0.15, -0.1) is 0 Å². The molecule has 2 rings (SSSR count). The highest BCUT2D eigenvalue weighted by Crippen LogP contribution is 2.35. The van der Waals surface area contributed by atoms with Gasteiger partial charge >= 0.3 is 5.97 Å². The van der Waals surface area contributed by atoms with E-state index in [0.717, 1.165) is 6.54 Å². The zero-order valence-electron chi connectivity index (χ0n) is 13.1. The lowest BCUT2D eigenvalue weighted by Crippen LogP contribution is -2.57. The van der Waals surface area contributed by atoms with E-state index in [0.29, 0.717) is 32.5 Å². The third kappa shape index (κ3) is 3.74. The highest BCUT2D eigenvalue weighted by Gasteiger charge is 2.38. The topological polar surface area (TPSA) is 72.9 Å². The Morgan fingerprint density at radius 3 is 2.33 bits per heavy atom. The van der Waals surface area contributed by atoms with Gasteiger partial charge in [-0.05, 0) is 46.2 Å². The Kier molecular flexibility index (Phi) is 5.22. The van der Waals surface area contributed by atoms with Crippen molar-refractivity contribution in [3.05, 3.63) is 0 Å². The number of nitrogens with zero attached hydrogens (tertiary/aromatic N) is 2. The van der Waals surface area contributed by atoms with Crippen molar-refractivity contribution in [2.24, 2.45) is 5.92 Å². The van der Waals surface area contributed by atoms with Gasteiger partial charge in [-0.3, -0.25) is 9.59 Å². The Hall–Kier alpha value is -1.14. The lowest BCUT2D eigenvalue weighted by molar-refractivity contribution is -0.145. The quantitative estimate of drug-likeness (QED) is 0.742. The highest BCUT2D eigenvalue weighted by molar-refractivity contribution is 5.79. The Morgan fingerprint density at radius 1 is 1.29 bits per heavy atom. The van der Waals surface area contributed by atoms with E-state index in [1.54, 1.807) is 4.90 Å². The van der Waals surface area contributed by atoms with Crippen molar-refractivity contribution < 1.29 is 14.7 Å². The van der Waals surface area contributed by atoms with Crippen LogP contribution in [0.25, 0.3) is 0 Å². The first-order valence-corrected chi connectivity index (χ1v) is 7.83. The zero-order valence-corrected chi connectivity index (χ0v) is 13.1. The second-order valence-corrected chi connectivity index (χ2v) is 6.57. The molecule has 0 aromatic carbocycles. The van der Waals surface area contributed by atoms with Crippen molar-refractivity contribution in [1.82, 2.24) is 15.1 Å². The standard InChI is InChI=1S/C15H27N3O3/c1-17(2)15(6-3-7-15)11-16-10-13(19)18-8-4-12(5-9-18)14(20)21/h12,16H,3-11H2,1-2H3,(H,20,21). The molecule has 6 nitrogen and oxygen atoms in total. The molecule has 2 N–H and O–H groups in total. The normalized spacial score (nSPS) is 22.1. The minimum atomic E-state index is -0.738. The Balaban J connectivity index is 1.70. The Labute approximate surface area is 126 Å². The summed E-state index contributed by atoms with van der Waals surface area (Å²) < 4.78 is 0. The minimum Gasteiger partial charge on any atom is -0.481 e. The van der Waals surface area contributed by atoms with E-state index in [2.05, 4.69) is 24.3 Å². The predicted molar refractivity (Wildman–Crippen MR) is 80.1 cm³/mol. The summed E-state index contributed by atoms with van der Waals surface area (Å²) >= 11 is 0. The monoisotopic (exact) mass is 297 g/mol. The van der Waals surface area contributed by atoms with Gasteiger partial charge in [0, 0.05) is 25.2 Å². The van der Waals surface area contributed by atoms with Crippen molar-refractivity contribution in [2.75, 3.05) is 40.3 Å². The maximum Gasteiger partial charge on any atom is 0.306 e. The molecule has 0 atom stereocenters. The van der Waals surface area contributed by atoms with E-state index in [4.69, 9.17) is 5.11 Å². The molecule has 0 unspecified atom stereocenters. The minimum absolute atomic E-state index is 0.0899. The van der Waals surface area contributed by atoms with Crippen LogP contribution in [0.15, 0.2) is 0 Å². The molecule has 1 saturated carbocycles. The van der Waals surface area contributed by atoms with Gasteiger partial charge in [0.25, 0.3) is 0 Å². The number of nitrogens with one attached hydrogen (secondary N) is 1. The number of amides is 1. The van der Waals surface area contributed by atoms with Crippen molar-refractivity contribution in [3.63, 3.8) is 0 Å². The molecule has 0 aromatic heterocycles. The number of hydrogen-bond acceptors (Lipinski definition) is 4. The second kappa shape index (κ2) is 6.75. The fraction of sp³-hybridized carbons (Fsp3) is 0.867. The lowest BCUT2D eigenvalue weighted by atomic mass is 9.75. The zero-order chi connectivity index (χ0) is 15.5. The molecule has 1 heterocycles. The molecule has 120 valence electrons. The molecule has 1 aliphatic heterocycles. The molecule has 2 fully saturated rings. The first-order chi connectivity index (χ1) is 9.94. The molecule has 0 aromatic rings. The molecule has 1 amide bonds. The molecular formula is C15H27N3O3. The average molecular weight is 297 g/mol. The molecule has 2 aliphatic rings. The number of carbonyl (C=O) groups is 2. The number of aliphatic carboxylic acids is 1. The molecule has 6 heteroatoms. The molecule has 1 saturated heterocycles. The summed E-state index contributed by atoms with van der Waals surface area (Å²) in [5.41, 5.74) is 0.219. The maximum absolute atomic E-state index is 12.1. The van der Waals surface area contributed by atoms with Gasteiger partial charge in [0.05, 0.1) is 12.5 Å². The number of carboxylic acid groups (broad SMARTS) is 1. The van der Waals surface area contributed by atoms with Crippen LogP contribution in [0.4, 0.5) is 0 Å². The number of likely N-dealkylation sites (tertiary alicyclic amines) is 1. The number of carbonyl (C=O) groups excluding carboxylic acids is 1. The number of carboxylic acids is 1. The second-order valence-electron chi connectivity index (χ2n) is 6.57. The summed E-state index contributed by atoms with van der Waals surface area (Å²) in [6.45, 7) is 2.33. The van der Waals surface area contributed by atoms with Gasteiger partial charge < -0.3 is 20.2 Å². The molecule has 0 radical (unpaired) electrons. The lowest BCUT2D eigenvalue weighted by Gasteiger charge is -2.47. The largest absolute Gasteiger partial charge is 0.481 e. The van der Waals surface area contributed by atoms with Crippen molar-refractivity contribution >= 4 is 11.9 Å².